The third-order valence-corrected chi connectivity index (χ3v) is 4.78. The lowest BCUT2D eigenvalue weighted by molar-refractivity contribution is -0.137. The van der Waals surface area contributed by atoms with Gasteiger partial charge in [0.25, 0.3) is 5.56 Å². The first-order valence-electron chi connectivity index (χ1n) is 7.29. The van der Waals surface area contributed by atoms with E-state index in [2.05, 4.69) is 0 Å². The molecule has 1 unspecified atom stereocenters. The standard InChI is InChI=1S/C16H16ClFN2O4S/c1-9(8-25-2)20-15(23)11(6-19(16(20)24)7-13(21)22)10-4-3-5-12(18)14(10)17/h3-6,9H,7-8H2,1-2H3,(H,21,22). The Morgan fingerprint density at radius 1 is 1.36 bits per heavy atom. The highest BCUT2D eigenvalue weighted by Crippen LogP contribution is 2.27. The van der Waals surface area contributed by atoms with Crippen molar-refractivity contribution in [3.63, 3.8) is 0 Å². The van der Waals surface area contributed by atoms with Crippen molar-refractivity contribution in [2.45, 2.75) is 19.5 Å². The summed E-state index contributed by atoms with van der Waals surface area (Å²) in [5.41, 5.74) is -1.29. The van der Waals surface area contributed by atoms with E-state index >= 15 is 0 Å². The molecule has 1 heterocycles. The number of carbonyl (C=O) groups is 1. The molecule has 9 heteroatoms. The molecule has 1 aromatic carbocycles. The van der Waals surface area contributed by atoms with Crippen LogP contribution in [0.25, 0.3) is 11.1 Å². The van der Waals surface area contributed by atoms with Gasteiger partial charge >= 0.3 is 11.7 Å². The molecule has 0 saturated carbocycles. The highest BCUT2D eigenvalue weighted by molar-refractivity contribution is 7.98. The largest absolute Gasteiger partial charge is 0.480 e. The molecule has 134 valence electrons. The van der Waals surface area contributed by atoms with Crippen LogP contribution in [0, 0.1) is 5.82 Å². The Kier molecular flexibility index (Phi) is 6.07. The summed E-state index contributed by atoms with van der Waals surface area (Å²) in [4.78, 5) is 36.4. The van der Waals surface area contributed by atoms with Crippen molar-refractivity contribution < 1.29 is 14.3 Å². The van der Waals surface area contributed by atoms with E-state index in [1.165, 1.54) is 23.9 Å². The van der Waals surface area contributed by atoms with Crippen LogP contribution in [-0.4, -0.2) is 32.2 Å². The second-order valence-electron chi connectivity index (χ2n) is 5.43. The molecule has 0 aliphatic heterocycles. The fourth-order valence-electron chi connectivity index (χ4n) is 2.48. The zero-order valence-corrected chi connectivity index (χ0v) is 15.1. The van der Waals surface area contributed by atoms with Gasteiger partial charge in [-0.15, -0.1) is 0 Å². The van der Waals surface area contributed by atoms with Crippen molar-refractivity contribution >= 4 is 29.3 Å². The molecule has 0 amide bonds. The zero-order chi connectivity index (χ0) is 18.7. The van der Waals surface area contributed by atoms with Crippen LogP contribution in [-0.2, 0) is 11.3 Å². The Hall–Kier alpha value is -2.06. The molecule has 0 aliphatic rings. The average Bonchev–Trinajstić information content (AvgIpc) is 2.53. The second kappa shape index (κ2) is 7.88. The van der Waals surface area contributed by atoms with Crippen molar-refractivity contribution in [3.8, 4) is 11.1 Å². The Labute approximate surface area is 151 Å². The molecule has 2 rings (SSSR count). The van der Waals surface area contributed by atoms with E-state index in [1.54, 1.807) is 6.92 Å². The normalized spacial score (nSPS) is 12.2. The van der Waals surface area contributed by atoms with Crippen molar-refractivity contribution in [1.29, 1.82) is 0 Å². The first-order chi connectivity index (χ1) is 11.8. The van der Waals surface area contributed by atoms with Crippen LogP contribution in [0.2, 0.25) is 5.02 Å². The molecule has 0 radical (unpaired) electrons. The van der Waals surface area contributed by atoms with E-state index in [0.717, 1.165) is 21.4 Å². The summed E-state index contributed by atoms with van der Waals surface area (Å²) in [5, 5.41) is 8.76. The number of benzene rings is 1. The number of rotatable bonds is 6. The summed E-state index contributed by atoms with van der Waals surface area (Å²) < 4.78 is 15.7. The molecular formula is C16H16ClFN2O4S. The predicted octanol–water partition coefficient (Wildman–Crippen LogP) is 2.48. The van der Waals surface area contributed by atoms with Gasteiger partial charge in [-0.1, -0.05) is 23.7 Å². The molecule has 1 aromatic heterocycles. The first-order valence-corrected chi connectivity index (χ1v) is 9.06. The van der Waals surface area contributed by atoms with Crippen LogP contribution in [0.1, 0.15) is 13.0 Å². The molecule has 2 aromatic rings. The number of nitrogens with zero attached hydrogens (tertiary/aromatic N) is 2. The van der Waals surface area contributed by atoms with Gasteiger partial charge in [0.1, 0.15) is 12.4 Å². The SMILES string of the molecule is CSCC(C)n1c(=O)c(-c2cccc(F)c2Cl)cn(CC(=O)O)c1=O. The van der Waals surface area contributed by atoms with Crippen LogP contribution in [0.15, 0.2) is 34.0 Å². The molecule has 0 saturated heterocycles. The Morgan fingerprint density at radius 2 is 2.04 bits per heavy atom. The first kappa shape index (κ1) is 19.3. The van der Waals surface area contributed by atoms with Gasteiger partial charge in [0.05, 0.1) is 10.6 Å². The topological polar surface area (TPSA) is 81.3 Å². The third-order valence-electron chi connectivity index (χ3n) is 3.58. The minimum Gasteiger partial charge on any atom is -0.480 e. The molecule has 25 heavy (non-hydrogen) atoms. The summed E-state index contributed by atoms with van der Waals surface area (Å²) in [5.74, 6) is -1.47. The van der Waals surface area contributed by atoms with Gasteiger partial charge in [0.2, 0.25) is 0 Å². The molecule has 1 N–H and O–H groups in total. The molecule has 0 fully saturated rings. The van der Waals surface area contributed by atoms with E-state index in [-0.39, 0.29) is 16.1 Å². The summed E-state index contributed by atoms with van der Waals surface area (Å²) >= 11 is 7.40. The predicted molar refractivity (Wildman–Crippen MR) is 96.1 cm³/mol. The van der Waals surface area contributed by atoms with E-state index in [4.69, 9.17) is 16.7 Å². The van der Waals surface area contributed by atoms with Gasteiger partial charge in [-0.3, -0.25) is 18.7 Å². The smallest absolute Gasteiger partial charge is 0.331 e. The van der Waals surface area contributed by atoms with Crippen LogP contribution < -0.4 is 11.2 Å². The Bertz CT molecular complexity index is 925. The molecule has 1 atom stereocenters. The fraction of sp³-hybridized carbons (Fsp3) is 0.312. The number of carboxylic acids is 1. The minimum absolute atomic E-state index is 0.0293. The number of hydrogen-bond acceptors (Lipinski definition) is 4. The third kappa shape index (κ3) is 3.96. The lowest BCUT2D eigenvalue weighted by Gasteiger charge is -2.17. The molecule has 0 bridgehead atoms. The monoisotopic (exact) mass is 386 g/mol. The molecule has 0 spiro atoms. The van der Waals surface area contributed by atoms with Gasteiger partial charge in [0, 0.05) is 23.6 Å². The Morgan fingerprint density at radius 3 is 2.64 bits per heavy atom. The zero-order valence-electron chi connectivity index (χ0n) is 13.5. The summed E-state index contributed by atoms with van der Waals surface area (Å²) in [7, 11) is 0. The number of hydrogen-bond donors (Lipinski definition) is 1. The quantitative estimate of drug-likeness (QED) is 0.824. The maximum Gasteiger partial charge on any atom is 0.331 e. The maximum absolute atomic E-state index is 13.8. The lowest BCUT2D eigenvalue weighted by atomic mass is 10.1. The number of aliphatic carboxylic acids is 1. The summed E-state index contributed by atoms with van der Waals surface area (Å²) in [6.45, 7) is 1.06. The van der Waals surface area contributed by atoms with E-state index < -0.39 is 35.6 Å². The highest BCUT2D eigenvalue weighted by Gasteiger charge is 2.20. The van der Waals surface area contributed by atoms with Crippen LogP contribution in [0.3, 0.4) is 0 Å². The van der Waals surface area contributed by atoms with Gasteiger partial charge in [-0.25, -0.2) is 9.18 Å². The fourth-order valence-corrected chi connectivity index (χ4v) is 3.34. The number of aromatic nitrogens is 2. The van der Waals surface area contributed by atoms with Crippen LogP contribution in [0.5, 0.6) is 0 Å². The number of thioether (sulfide) groups is 1. The van der Waals surface area contributed by atoms with Crippen LogP contribution in [0.4, 0.5) is 4.39 Å². The molecular weight excluding hydrogens is 371 g/mol. The van der Waals surface area contributed by atoms with Gasteiger partial charge in [-0.05, 0) is 19.2 Å². The average molecular weight is 387 g/mol. The van der Waals surface area contributed by atoms with Gasteiger partial charge in [-0.2, -0.15) is 11.8 Å². The Balaban J connectivity index is 2.82. The lowest BCUT2D eigenvalue weighted by Crippen LogP contribution is -2.43. The maximum atomic E-state index is 13.8. The second-order valence-corrected chi connectivity index (χ2v) is 6.72. The van der Waals surface area contributed by atoms with Crippen molar-refractivity contribution in [3.05, 3.63) is 56.1 Å². The van der Waals surface area contributed by atoms with E-state index in [9.17, 15) is 18.8 Å². The van der Waals surface area contributed by atoms with Crippen LogP contribution >= 0.6 is 23.4 Å². The minimum atomic E-state index is -1.24. The number of halogens is 2. The van der Waals surface area contributed by atoms with E-state index in [0.29, 0.717) is 5.75 Å². The molecule has 0 aliphatic carbocycles. The van der Waals surface area contributed by atoms with Gasteiger partial charge < -0.3 is 5.11 Å². The molecule has 6 nitrogen and oxygen atoms in total. The summed E-state index contributed by atoms with van der Waals surface area (Å²) in [6, 6.07) is 3.51. The van der Waals surface area contributed by atoms with Crippen molar-refractivity contribution in [2.24, 2.45) is 0 Å². The highest BCUT2D eigenvalue weighted by atomic mass is 35.5. The number of carboxylic acid groups (broad SMARTS) is 1. The van der Waals surface area contributed by atoms with Crippen molar-refractivity contribution in [2.75, 3.05) is 12.0 Å². The van der Waals surface area contributed by atoms with Gasteiger partial charge in [0.15, 0.2) is 0 Å². The summed E-state index contributed by atoms with van der Waals surface area (Å²) in [6.07, 6.45) is 2.94. The van der Waals surface area contributed by atoms with Crippen molar-refractivity contribution in [1.82, 2.24) is 9.13 Å². The van der Waals surface area contributed by atoms with E-state index in [1.807, 2.05) is 6.26 Å².